The van der Waals surface area contributed by atoms with E-state index in [1.807, 2.05) is 29.5 Å². The molecule has 1 atom stereocenters. The summed E-state index contributed by atoms with van der Waals surface area (Å²) in [7, 11) is 0. The third-order valence-corrected chi connectivity index (χ3v) is 12.0. The number of hydrogen-bond acceptors (Lipinski definition) is 2. The smallest absolute Gasteiger partial charge is 0.150 e. The van der Waals surface area contributed by atoms with Crippen LogP contribution in [0.4, 0.5) is 4.39 Å². The second-order valence-electron chi connectivity index (χ2n) is 11.2. The number of benzene rings is 6. The minimum Gasteiger partial charge on any atom is -0.455 e. The largest absolute Gasteiger partial charge is 0.455 e. The van der Waals surface area contributed by atoms with Gasteiger partial charge in [-0.25, -0.2) is 4.39 Å². The van der Waals surface area contributed by atoms with Crippen LogP contribution in [0.2, 0.25) is 0 Å². The lowest BCUT2D eigenvalue weighted by molar-refractivity contribution is 0.627. The summed E-state index contributed by atoms with van der Waals surface area (Å²) >= 11 is 9.76. The molecular weight excluding hydrogens is 671 g/mol. The highest BCUT2D eigenvalue weighted by Crippen LogP contribution is 2.67. The van der Waals surface area contributed by atoms with Gasteiger partial charge in [0.25, 0.3) is 0 Å². The van der Waals surface area contributed by atoms with Gasteiger partial charge in [0.1, 0.15) is 17.0 Å². The number of rotatable bonds is 0. The van der Waals surface area contributed by atoms with Crippen LogP contribution in [0, 0.1) is 5.82 Å². The van der Waals surface area contributed by atoms with Crippen molar-refractivity contribution in [3.05, 3.63) is 140 Å². The minimum absolute atomic E-state index is 0.225. The standard InChI is InChI=1S/C37H17Br2FOS/c38-27-16-25-33(31-20-8-2-5-11-29(20)41-35(27)31)34-26(17-28(39)36-32(34)21-9-3-6-12-30(21)42-36)37(25)23-10-4-1-7-19(23)22-15-18(40)13-14-24(22)37/h1-17H. The van der Waals surface area contributed by atoms with E-state index in [0.29, 0.717) is 0 Å². The summed E-state index contributed by atoms with van der Waals surface area (Å²) in [5, 5.41) is 4.70. The highest BCUT2D eigenvalue weighted by atomic mass is 79.9. The summed E-state index contributed by atoms with van der Waals surface area (Å²) in [6, 6.07) is 35.4. The zero-order chi connectivity index (χ0) is 27.9. The SMILES string of the molecule is Fc1ccc2c(c1)-c1ccccc1C21c2cc(Br)c3oc4ccccc4c3c2-c2c1cc(Br)c1sc3ccccc3c21. The summed E-state index contributed by atoms with van der Waals surface area (Å²) in [5.74, 6) is -0.225. The van der Waals surface area contributed by atoms with E-state index in [1.54, 1.807) is 12.1 Å². The fraction of sp³-hybridized carbons (Fsp3) is 0.0270. The van der Waals surface area contributed by atoms with E-state index in [4.69, 9.17) is 4.42 Å². The van der Waals surface area contributed by atoms with Crippen LogP contribution >= 0.6 is 43.2 Å². The van der Waals surface area contributed by atoms with Crippen molar-refractivity contribution < 1.29 is 8.81 Å². The van der Waals surface area contributed by atoms with Crippen molar-refractivity contribution >= 4 is 85.3 Å². The first-order chi connectivity index (χ1) is 20.6. The predicted molar refractivity (Wildman–Crippen MR) is 178 cm³/mol. The number of furan rings is 1. The quantitative estimate of drug-likeness (QED) is 0.155. The molecule has 1 spiro atoms. The first kappa shape index (κ1) is 23.8. The molecule has 2 aliphatic rings. The lowest BCUT2D eigenvalue weighted by Crippen LogP contribution is -2.26. The molecule has 198 valence electrons. The van der Waals surface area contributed by atoms with E-state index >= 15 is 0 Å². The summed E-state index contributed by atoms with van der Waals surface area (Å²) in [6.07, 6.45) is 0. The zero-order valence-corrected chi connectivity index (χ0v) is 25.8. The molecule has 2 aromatic heterocycles. The van der Waals surface area contributed by atoms with Gasteiger partial charge >= 0.3 is 0 Å². The van der Waals surface area contributed by atoms with Crippen molar-refractivity contribution in [2.75, 3.05) is 0 Å². The van der Waals surface area contributed by atoms with Crippen molar-refractivity contribution in [2.24, 2.45) is 0 Å². The maximum atomic E-state index is 14.9. The molecule has 8 aromatic rings. The van der Waals surface area contributed by atoms with Crippen molar-refractivity contribution in [3.8, 4) is 22.3 Å². The van der Waals surface area contributed by atoms with Gasteiger partial charge in [-0.1, -0.05) is 66.7 Å². The Hall–Kier alpha value is -3.77. The molecule has 0 amide bonds. The van der Waals surface area contributed by atoms with Crippen LogP contribution in [0.15, 0.2) is 116 Å². The normalized spacial score (nSPS) is 16.5. The van der Waals surface area contributed by atoms with Crippen LogP contribution < -0.4 is 0 Å². The predicted octanol–water partition coefficient (Wildman–Crippen LogP) is 12.0. The van der Waals surface area contributed by atoms with Gasteiger partial charge < -0.3 is 4.42 Å². The average Bonchev–Trinajstić information content (AvgIpc) is 3.73. The lowest BCUT2D eigenvalue weighted by Gasteiger charge is -2.30. The van der Waals surface area contributed by atoms with Crippen LogP contribution in [0.1, 0.15) is 22.3 Å². The Bertz CT molecular complexity index is 2390. The molecule has 5 heteroatoms. The zero-order valence-electron chi connectivity index (χ0n) is 21.8. The Labute approximate surface area is 260 Å². The van der Waals surface area contributed by atoms with Crippen molar-refractivity contribution in [3.63, 3.8) is 0 Å². The van der Waals surface area contributed by atoms with Crippen LogP contribution in [0.5, 0.6) is 0 Å². The number of fused-ring (bicyclic) bond motifs is 18. The van der Waals surface area contributed by atoms with Gasteiger partial charge in [0, 0.05) is 30.7 Å². The Balaban J connectivity index is 1.54. The van der Waals surface area contributed by atoms with Gasteiger partial charge in [-0.15, -0.1) is 11.3 Å². The Morgan fingerprint density at radius 1 is 0.619 bits per heavy atom. The van der Waals surface area contributed by atoms with E-state index in [9.17, 15) is 4.39 Å². The van der Waals surface area contributed by atoms with Crippen LogP contribution in [0.3, 0.4) is 0 Å². The highest BCUT2D eigenvalue weighted by Gasteiger charge is 2.53. The molecule has 0 bridgehead atoms. The van der Waals surface area contributed by atoms with E-state index in [0.717, 1.165) is 47.6 Å². The summed E-state index contributed by atoms with van der Waals surface area (Å²) < 4.78 is 25.9. The second kappa shape index (κ2) is 7.99. The number of para-hydroxylation sites is 1. The van der Waals surface area contributed by atoms with Gasteiger partial charge in [0.15, 0.2) is 0 Å². The van der Waals surface area contributed by atoms with E-state index in [1.165, 1.54) is 48.0 Å². The van der Waals surface area contributed by atoms with Crippen LogP contribution in [-0.4, -0.2) is 0 Å². The topological polar surface area (TPSA) is 13.1 Å². The molecule has 1 nitrogen and oxygen atoms in total. The third kappa shape index (κ3) is 2.65. The van der Waals surface area contributed by atoms with Gasteiger partial charge in [-0.2, -0.15) is 0 Å². The van der Waals surface area contributed by atoms with Gasteiger partial charge in [0.2, 0.25) is 0 Å². The number of halogens is 3. The molecule has 0 aliphatic heterocycles. The maximum Gasteiger partial charge on any atom is 0.150 e. The molecule has 10 rings (SSSR count). The molecule has 42 heavy (non-hydrogen) atoms. The van der Waals surface area contributed by atoms with E-state index in [2.05, 4.69) is 105 Å². The molecule has 0 fully saturated rings. The van der Waals surface area contributed by atoms with Crippen LogP contribution in [0.25, 0.3) is 64.4 Å². The fourth-order valence-corrected chi connectivity index (χ4v) is 10.1. The molecule has 0 saturated heterocycles. The fourth-order valence-electron chi connectivity index (χ4n) is 7.81. The van der Waals surface area contributed by atoms with Gasteiger partial charge in [0.05, 0.1) is 14.6 Å². The monoisotopic (exact) mass is 686 g/mol. The third-order valence-electron chi connectivity index (χ3n) is 9.27. The molecule has 0 saturated carbocycles. The lowest BCUT2D eigenvalue weighted by atomic mass is 9.70. The van der Waals surface area contributed by atoms with Crippen molar-refractivity contribution in [2.45, 2.75) is 5.41 Å². The molecule has 6 aromatic carbocycles. The molecule has 2 aliphatic carbocycles. The average molecular weight is 688 g/mol. The second-order valence-corrected chi connectivity index (χ2v) is 13.9. The first-order valence-electron chi connectivity index (χ1n) is 13.8. The van der Waals surface area contributed by atoms with Gasteiger partial charge in [-0.05, 0) is 113 Å². The Morgan fingerprint density at radius 3 is 2.19 bits per heavy atom. The number of thiophene rings is 1. The molecule has 0 radical (unpaired) electrons. The summed E-state index contributed by atoms with van der Waals surface area (Å²) in [4.78, 5) is 0. The highest BCUT2D eigenvalue weighted by molar-refractivity contribution is 9.11. The Morgan fingerprint density at radius 2 is 1.31 bits per heavy atom. The summed E-state index contributed by atoms with van der Waals surface area (Å²) in [5.41, 5.74) is 10.2. The molecule has 2 heterocycles. The number of hydrogen-bond donors (Lipinski definition) is 0. The molecule has 0 N–H and O–H groups in total. The molecule has 1 unspecified atom stereocenters. The Kier molecular flexibility index (Phi) is 4.52. The first-order valence-corrected chi connectivity index (χ1v) is 16.2. The molecular formula is C37H17Br2FOS. The van der Waals surface area contributed by atoms with E-state index in [-0.39, 0.29) is 5.82 Å². The maximum absolute atomic E-state index is 14.9. The minimum atomic E-state index is -0.626. The van der Waals surface area contributed by atoms with E-state index < -0.39 is 5.41 Å². The van der Waals surface area contributed by atoms with Crippen molar-refractivity contribution in [1.82, 2.24) is 0 Å². The van der Waals surface area contributed by atoms with Gasteiger partial charge in [-0.3, -0.25) is 0 Å². The van der Waals surface area contributed by atoms with Crippen LogP contribution in [-0.2, 0) is 5.41 Å². The van der Waals surface area contributed by atoms with Crippen molar-refractivity contribution in [1.29, 1.82) is 0 Å². The summed E-state index contributed by atoms with van der Waals surface area (Å²) in [6.45, 7) is 0.